The topological polar surface area (TPSA) is 73.5 Å². The number of aromatic nitrogens is 1. The SMILES string of the molecule is O=C(OO)c1cccc(Cl)c1.[O-][n+]1ccccc1. The lowest BCUT2D eigenvalue weighted by molar-refractivity contribution is -0.605. The third-order valence-corrected chi connectivity index (χ3v) is 2.07. The predicted molar refractivity (Wildman–Crippen MR) is 64.9 cm³/mol. The summed E-state index contributed by atoms with van der Waals surface area (Å²) in [7, 11) is 0. The van der Waals surface area contributed by atoms with E-state index in [2.05, 4.69) is 4.89 Å². The van der Waals surface area contributed by atoms with Gasteiger partial charge in [0.2, 0.25) is 0 Å². The van der Waals surface area contributed by atoms with Crippen molar-refractivity contribution in [2.75, 3.05) is 0 Å². The summed E-state index contributed by atoms with van der Waals surface area (Å²) < 4.78 is 0.750. The van der Waals surface area contributed by atoms with Crippen LogP contribution < -0.4 is 4.73 Å². The Morgan fingerprint density at radius 2 is 1.89 bits per heavy atom. The summed E-state index contributed by atoms with van der Waals surface area (Å²) in [5.74, 6) is -0.813. The van der Waals surface area contributed by atoms with Gasteiger partial charge in [-0.05, 0) is 18.2 Å². The molecule has 0 spiro atoms. The number of carbonyl (C=O) groups excluding carboxylic acids is 1. The Morgan fingerprint density at radius 1 is 1.22 bits per heavy atom. The van der Waals surface area contributed by atoms with Gasteiger partial charge in [0.15, 0.2) is 12.4 Å². The molecule has 0 radical (unpaired) electrons. The van der Waals surface area contributed by atoms with E-state index in [0.29, 0.717) is 5.02 Å². The zero-order valence-electron chi connectivity index (χ0n) is 9.19. The van der Waals surface area contributed by atoms with E-state index in [0.717, 1.165) is 4.73 Å². The molecular weight excluding hydrogens is 258 g/mol. The second kappa shape index (κ2) is 7.26. The van der Waals surface area contributed by atoms with Gasteiger partial charge in [-0.25, -0.2) is 4.79 Å². The molecule has 6 heteroatoms. The van der Waals surface area contributed by atoms with Gasteiger partial charge in [0.25, 0.3) is 0 Å². The van der Waals surface area contributed by atoms with Crippen molar-refractivity contribution in [3.05, 3.63) is 70.7 Å². The molecule has 0 aliphatic carbocycles. The fourth-order valence-corrected chi connectivity index (χ4v) is 1.24. The number of carbonyl (C=O) groups is 1. The second-order valence-electron chi connectivity index (χ2n) is 3.12. The lowest BCUT2D eigenvalue weighted by Gasteiger charge is -1.95. The number of benzene rings is 1. The van der Waals surface area contributed by atoms with Crippen LogP contribution in [0.2, 0.25) is 5.02 Å². The highest BCUT2D eigenvalue weighted by Gasteiger charge is 2.05. The van der Waals surface area contributed by atoms with Crippen molar-refractivity contribution in [1.82, 2.24) is 0 Å². The van der Waals surface area contributed by atoms with Crippen LogP contribution in [0.1, 0.15) is 10.4 Å². The Morgan fingerprint density at radius 3 is 2.33 bits per heavy atom. The highest BCUT2D eigenvalue weighted by Crippen LogP contribution is 2.10. The van der Waals surface area contributed by atoms with E-state index in [-0.39, 0.29) is 5.56 Å². The van der Waals surface area contributed by atoms with Crippen LogP contribution in [0.5, 0.6) is 0 Å². The van der Waals surface area contributed by atoms with Gasteiger partial charge in [-0.1, -0.05) is 23.7 Å². The number of hydrogen-bond donors (Lipinski definition) is 1. The molecule has 0 amide bonds. The highest BCUT2D eigenvalue weighted by atomic mass is 35.5. The van der Waals surface area contributed by atoms with Gasteiger partial charge >= 0.3 is 5.97 Å². The lowest BCUT2D eigenvalue weighted by atomic mass is 10.2. The summed E-state index contributed by atoms with van der Waals surface area (Å²) in [6.07, 6.45) is 2.89. The molecule has 5 nitrogen and oxygen atoms in total. The van der Waals surface area contributed by atoms with Crippen molar-refractivity contribution < 1.29 is 19.7 Å². The first-order valence-electron chi connectivity index (χ1n) is 4.88. The summed E-state index contributed by atoms with van der Waals surface area (Å²) in [5, 5.41) is 18.6. The minimum Gasteiger partial charge on any atom is -0.619 e. The van der Waals surface area contributed by atoms with Gasteiger partial charge in [0, 0.05) is 17.2 Å². The van der Waals surface area contributed by atoms with Crippen molar-refractivity contribution >= 4 is 17.6 Å². The summed E-state index contributed by atoms with van der Waals surface area (Å²) >= 11 is 5.56. The fourth-order valence-electron chi connectivity index (χ4n) is 1.05. The lowest BCUT2D eigenvalue weighted by Crippen LogP contribution is -2.22. The van der Waals surface area contributed by atoms with Gasteiger partial charge in [-0.2, -0.15) is 9.99 Å². The van der Waals surface area contributed by atoms with E-state index in [1.54, 1.807) is 30.3 Å². The first-order chi connectivity index (χ1) is 8.63. The molecule has 0 saturated heterocycles. The average molecular weight is 268 g/mol. The maximum absolute atomic E-state index is 10.6. The fraction of sp³-hybridized carbons (Fsp3) is 0. The Balaban J connectivity index is 0.000000199. The number of pyridine rings is 1. The van der Waals surface area contributed by atoms with E-state index in [1.165, 1.54) is 24.5 Å². The molecule has 1 aromatic carbocycles. The smallest absolute Gasteiger partial charge is 0.372 e. The normalized spacial score (nSPS) is 9.00. The molecule has 1 aromatic heterocycles. The Kier molecular flexibility index (Phi) is 5.63. The molecule has 0 unspecified atom stereocenters. The zero-order chi connectivity index (χ0) is 13.4. The van der Waals surface area contributed by atoms with Gasteiger partial charge in [0.05, 0.1) is 5.56 Å². The molecular formula is C12H10ClNO4. The van der Waals surface area contributed by atoms with E-state index in [1.807, 2.05) is 0 Å². The van der Waals surface area contributed by atoms with E-state index >= 15 is 0 Å². The van der Waals surface area contributed by atoms with Crippen LogP contribution in [-0.4, -0.2) is 11.2 Å². The molecule has 0 aliphatic heterocycles. The number of rotatable bonds is 1. The maximum Gasteiger partial charge on any atom is 0.372 e. The quantitative estimate of drug-likeness (QED) is 0.372. The molecule has 0 atom stereocenters. The molecule has 0 aliphatic rings. The summed E-state index contributed by atoms with van der Waals surface area (Å²) in [6, 6.07) is 11.3. The van der Waals surface area contributed by atoms with E-state index in [4.69, 9.17) is 16.9 Å². The van der Waals surface area contributed by atoms with Crippen LogP contribution in [0, 0.1) is 5.21 Å². The molecule has 2 rings (SSSR count). The van der Waals surface area contributed by atoms with Crippen LogP contribution in [0.15, 0.2) is 54.9 Å². The van der Waals surface area contributed by atoms with Crippen LogP contribution in [0.25, 0.3) is 0 Å². The third-order valence-electron chi connectivity index (χ3n) is 1.83. The number of hydrogen-bond acceptors (Lipinski definition) is 4. The maximum atomic E-state index is 10.6. The molecule has 2 aromatic rings. The predicted octanol–water partition coefficient (Wildman–Crippen LogP) is 2.29. The first kappa shape index (κ1) is 14.0. The van der Waals surface area contributed by atoms with Gasteiger partial charge < -0.3 is 5.21 Å². The summed E-state index contributed by atoms with van der Waals surface area (Å²) in [5.41, 5.74) is 0.222. The van der Waals surface area contributed by atoms with Crippen LogP contribution >= 0.6 is 11.6 Å². The van der Waals surface area contributed by atoms with Crippen LogP contribution in [0.3, 0.4) is 0 Å². The van der Waals surface area contributed by atoms with E-state index < -0.39 is 5.97 Å². The second-order valence-corrected chi connectivity index (χ2v) is 3.56. The van der Waals surface area contributed by atoms with Crippen molar-refractivity contribution in [1.29, 1.82) is 0 Å². The Hall–Kier alpha value is -2.11. The Labute approximate surface area is 108 Å². The summed E-state index contributed by atoms with van der Waals surface area (Å²) in [6.45, 7) is 0. The molecule has 0 fully saturated rings. The van der Waals surface area contributed by atoms with E-state index in [9.17, 15) is 10.0 Å². The molecule has 1 heterocycles. The van der Waals surface area contributed by atoms with Gasteiger partial charge in [0.1, 0.15) is 0 Å². The molecule has 18 heavy (non-hydrogen) atoms. The average Bonchev–Trinajstić information content (AvgIpc) is 2.39. The first-order valence-corrected chi connectivity index (χ1v) is 5.26. The molecule has 94 valence electrons. The number of nitrogens with zero attached hydrogens (tertiary/aromatic N) is 1. The largest absolute Gasteiger partial charge is 0.619 e. The third kappa shape index (κ3) is 4.82. The van der Waals surface area contributed by atoms with Gasteiger partial charge in [-0.15, -0.1) is 0 Å². The van der Waals surface area contributed by atoms with Crippen molar-refractivity contribution in [2.24, 2.45) is 0 Å². The van der Waals surface area contributed by atoms with Crippen molar-refractivity contribution in [3.63, 3.8) is 0 Å². The Bertz CT molecular complexity index is 504. The molecule has 1 N–H and O–H groups in total. The van der Waals surface area contributed by atoms with Gasteiger partial charge in [-0.3, -0.25) is 4.89 Å². The monoisotopic (exact) mass is 267 g/mol. The summed E-state index contributed by atoms with van der Waals surface area (Å²) in [4.78, 5) is 14.1. The molecule has 0 saturated carbocycles. The highest BCUT2D eigenvalue weighted by molar-refractivity contribution is 6.30. The number of halogens is 1. The minimum absolute atomic E-state index is 0.222. The standard InChI is InChI=1S/C7H5ClO3.C5H5NO/c8-6-3-1-2-5(4-6)7(9)11-10;7-6-4-2-1-3-5-6/h1-4,10H;1-5H. The molecule has 0 bridgehead atoms. The van der Waals surface area contributed by atoms with Crippen LogP contribution in [0.4, 0.5) is 0 Å². The van der Waals surface area contributed by atoms with Crippen LogP contribution in [-0.2, 0) is 4.89 Å². The zero-order valence-corrected chi connectivity index (χ0v) is 9.95. The van der Waals surface area contributed by atoms with Crippen molar-refractivity contribution in [2.45, 2.75) is 0 Å². The van der Waals surface area contributed by atoms with Crippen molar-refractivity contribution in [3.8, 4) is 0 Å². The minimum atomic E-state index is -0.813.